The zero-order chi connectivity index (χ0) is 24.9. The number of benzene rings is 2. The molecule has 0 radical (unpaired) electrons. The maximum atomic E-state index is 15.3. The third-order valence-electron chi connectivity index (χ3n) is 6.52. The first-order valence-electron chi connectivity index (χ1n) is 11.5. The van der Waals surface area contributed by atoms with Crippen LogP contribution in [0.5, 0.6) is 0 Å². The molecule has 34 heavy (non-hydrogen) atoms. The summed E-state index contributed by atoms with van der Waals surface area (Å²) in [6, 6.07) is 17.2. The minimum absolute atomic E-state index is 0.0205. The fourth-order valence-electron chi connectivity index (χ4n) is 3.50. The summed E-state index contributed by atoms with van der Waals surface area (Å²) in [5.41, 5.74) is 1.59. The lowest BCUT2D eigenvalue weighted by Crippen LogP contribution is -2.53. The zero-order valence-corrected chi connectivity index (χ0v) is 21.5. The lowest BCUT2D eigenvalue weighted by atomic mass is 10.1. The molecule has 1 heterocycles. The predicted octanol–water partition coefficient (Wildman–Crippen LogP) is 5.48. The highest BCUT2D eigenvalue weighted by atomic mass is 28.4. The summed E-state index contributed by atoms with van der Waals surface area (Å²) >= 11 is 0. The number of rotatable bonds is 7. The third-order valence-corrected chi connectivity index (χ3v) is 11.0. The van der Waals surface area contributed by atoms with E-state index < -0.39 is 38.7 Å². The van der Waals surface area contributed by atoms with Crippen LogP contribution >= 0.6 is 0 Å². The molecule has 2 aromatic rings. The second-order valence-electron chi connectivity index (χ2n) is 10.1. The molecular formula is C26H34FNO5Si. The average Bonchev–Trinajstić information content (AvgIpc) is 3.12. The van der Waals surface area contributed by atoms with Gasteiger partial charge in [0.1, 0.15) is 25.5 Å². The van der Waals surface area contributed by atoms with Crippen LogP contribution in [0, 0.1) is 0 Å². The molecule has 0 spiro atoms. The van der Waals surface area contributed by atoms with Gasteiger partial charge in [0.05, 0.1) is 6.54 Å². The van der Waals surface area contributed by atoms with Gasteiger partial charge in [0.25, 0.3) is 0 Å². The van der Waals surface area contributed by atoms with Gasteiger partial charge in [0.15, 0.2) is 14.4 Å². The minimum Gasteiger partial charge on any atom is -0.459 e. The fraction of sp³-hybridized carbons (Fsp3) is 0.462. The number of hydrogen-bond acceptors (Lipinski definition) is 5. The van der Waals surface area contributed by atoms with Crippen LogP contribution < -0.4 is 0 Å². The van der Waals surface area contributed by atoms with E-state index in [2.05, 4.69) is 0 Å². The largest absolute Gasteiger partial charge is 0.459 e. The maximum Gasteiger partial charge on any atom is 0.411 e. The summed E-state index contributed by atoms with van der Waals surface area (Å²) in [6.45, 7) is 9.84. The monoisotopic (exact) mass is 487 g/mol. The lowest BCUT2D eigenvalue weighted by Gasteiger charge is -2.40. The van der Waals surface area contributed by atoms with E-state index in [1.54, 1.807) is 0 Å². The summed E-state index contributed by atoms with van der Waals surface area (Å²) < 4.78 is 32.5. The first-order valence-corrected chi connectivity index (χ1v) is 14.4. The molecule has 0 aromatic heterocycles. The van der Waals surface area contributed by atoms with E-state index in [1.807, 2.05) is 94.5 Å². The Morgan fingerprint density at radius 2 is 1.44 bits per heavy atom. The van der Waals surface area contributed by atoms with E-state index in [0.717, 1.165) is 16.0 Å². The second-order valence-corrected chi connectivity index (χ2v) is 14.8. The third kappa shape index (κ3) is 6.24. The predicted molar refractivity (Wildman–Crippen MR) is 130 cm³/mol. The summed E-state index contributed by atoms with van der Waals surface area (Å²) in [5.74, 6) is -0.704. The Labute approximate surface area is 202 Å². The first-order chi connectivity index (χ1) is 16.0. The van der Waals surface area contributed by atoms with Crippen molar-refractivity contribution >= 4 is 20.4 Å². The standard InChI is InChI=1S/C26H34FNO5Si/c1-26(2,3)34(4,5)33-23-21(27)16-28(25(30)32-18-20-14-10-7-11-15-20)22(23)24(29)31-17-19-12-8-6-9-13-19/h6-15,21-23H,16-18H2,1-5H3/t21-,22-,23+/m0/s1. The first kappa shape index (κ1) is 25.9. The van der Waals surface area contributed by atoms with Crippen LogP contribution in [0.25, 0.3) is 0 Å². The van der Waals surface area contributed by atoms with Gasteiger partial charge in [-0.15, -0.1) is 0 Å². The van der Waals surface area contributed by atoms with E-state index in [-0.39, 0.29) is 24.8 Å². The lowest BCUT2D eigenvalue weighted by molar-refractivity contribution is -0.152. The van der Waals surface area contributed by atoms with Crippen LogP contribution in [0.15, 0.2) is 60.7 Å². The highest BCUT2D eigenvalue weighted by molar-refractivity contribution is 6.74. The number of amides is 1. The molecule has 0 bridgehead atoms. The number of ether oxygens (including phenoxy) is 2. The molecule has 2 aromatic carbocycles. The molecule has 184 valence electrons. The summed E-state index contributed by atoms with van der Waals surface area (Å²) in [5, 5.41) is -0.202. The fourth-order valence-corrected chi connectivity index (χ4v) is 4.81. The van der Waals surface area contributed by atoms with Crippen molar-refractivity contribution in [1.29, 1.82) is 0 Å². The topological polar surface area (TPSA) is 65.1 Å². The van der Waals surface area contributed by atoms with E-state index in [9.17, 15) is 9.59 Å². The number of halogens is 1. The van der Waals surface area contributed by atoms with Gasteiger partial charge in [-0.3, -0.25) is 4.90 Å². The zero-order valence-electron chi connectivity index (χ0n) is 20.5. The molecule has 0 N–H and O–H groups in total. The van der Waals surface area contributed by atoms with Crippen molar-refractivity contribution in [3.8, 4) is 0 Å². The van der Waals surface area contributed by atoms with Crippen molar-refractivity contribution in [2.45, 2.75) is 70.4 Å². The normalized spacial score (nSPS) is 20.8. The highest BCUT2D eigenvalue weighted by Gasteiger charge is 2.54. The SMILES string of the molecule is CC(C)(C)[Si](C)(C)O[C@H]1[C@@H](C(=O)OCc2ccccc2)N(C(=O)OCc2ccccc2)C[C@@H]1F. The molecule has 1 amide bonds. The number of carbonyl (C=O) groups is 2. The molecule has 1 aliphatic heterocycles. The van der Waals surface area contributed by atoms with Crippen LogP contribution in [0.4, 0.5) is 9.18 Å². The minimum atomic E-state index is -2.45. The number of esters is 1. The van der Waals surface area contributed by atoms with Crippen LogP contribution in [-0.2, 0) is 31.9 Å². The Morgan fingerprint density at radius 1 is 0.941 bits per heavy atom. The van der Waals surface area contributed by atoms with Crippen molar-refractivity contribution in [3.63, 3.8) is 0 Å². The van der Waals surface area contributed by atoms with Gasteiger partial charge in [0.2, 0.25) is 0 Å². The van der Waals surface area contributed by atoms with Crippen LogP contribution in [-0.4, -0.2) is 50.1 Å². The molecule has 0 aliphatic carbocycles. The Balaban J connectivity index is 1.79. The van der Waals surface area contributed by atoms with E-state index >= 15 is 4.39 Å². The van der Waals surface area contributed by atoms with Gasteiger partial charge in [-0.1, -0.05) is 81.4 Å². The average molecular weight is 488 g/mol. The van der Waals surface area contributed by atoms with Crippen molar-refractivity contribution < 1.29 is 27.9 Å². The van der Waals surface area contributed by atoms with Crippen LogP contribution in [0.1, 0.15) is 31.9 Å². The summed E-state index contributed by atoms with van der Waals surface area (Å²) in [6.07, 6.45) is -3.42. The molecule has 0 saturated carbocycles. The number of nitrogens with zero attached hydrogens (tertiary/aromatic N) is 1. The second kappa shape index (κ2) is 10.7. The van der Waals surface area contributed by atoms with E-state index in [1.165, 1.54) is 0 Å². The van der Waals surface area contributed by atoms with Gasteiger partial charge >= 0.3 is 12.1 Å². The maximum absolute atomic E-state index is 15.3. The van der Waals surface area contributed by atoms with Gasteiger partial charge < -0.3 is 13.9 Å². The number of likely N-dealkylation sites (tertiary alicyclic amines) is 1. The van der Waals surface area contributed by atoms with Gasteiger partial charge in [-0.2, -0.15) is 0 Å². The number of hydrogen-bond donors (Lipinski definition) is 0. The Morgan fingerprint density at radius 3 is 1.94 bits per heavy atom. The highest BCUT2D eigenvalue weighted by Crippen LogP contribution is 2.40. The molecule has 1 fully saturated rings. The van der Waals surface area contributed by atoms with Gasteiger partial charge in [-0.05, 0) is 29.3 Å². The molecule has 0 unspecified atom stereocenters. The Bertz CT molecular complexity index is 964. The van der Waals surface area contributed by atoms with Crippen LogP contribution in [0.2, 0.25) is 18.1 Å². The van der Waals surface area contributed by atoms with Crippen molar-refractivity contribution in [2.75, 3.05) is 6.54 Å². The Hall–Kier alpha value is -2.71. The van der Waals surface area contributed by atoms with Gasteiger partial charge in [0, 0.05) is 0 Å². The van der Waals surface area contributed by atoms with Crippen molar-refractivity contribution in [3.05, 3.63) is 71.8 Å². The smallest absolute Gasteiger partial charge is 0.411 e. The quantitative estimate of drug-likeness (QED) is 0.382. The van der Waals surface area contributed by atoms with Gasteiger partial charge in [-0.25, -0.2) is 14.0 Å². The molecule has 8 heteroatoms. The molecule has 3 rings (SSSR count). The summed E-state index contributed by atoms with van der Waals surface area (Å²) in [4.78, 5) is 27.3. The van der Waals surface area contributed by atoms with Crippen molar-refractivity contribution in [2.24, 2.45) is 0 Å². The number of alkyl halides is 1. The summed E-state index contributed by atoms with van der Waals surface area (Å²) in [7, 11) is -2.45. The van der Waals surface area contributed by atoms with E-state index in [0.29, 0.717) is 0 Å². The molecule has 1 saturated heterocycles. The van der Waals surface area contributed by atoms with Crippen molar-refractivity contribution in [1.82, 2.24) is 4.90 Å². The molecular weight excluding hydrogens is 453 g/mol. The van der Waals surface area contributed by atoms with E-state index in [4.69, 9.17) is 13.9 Å². The molecule has 1 aliphatic rings. The molecule has 6 nitrogen and oxygen atoms in total. The number of carbonyl (C=O) groups excluding carboxylic acids is 2. The van der Waals surface area contributed by atoms with Crippen LogP contribution in [0.3, 0.4) is 0 Å². The molecule has 3 atom stereocenters. The Kier molecular flexibility index (Phi) is 8.15.